The van der Waals surface area contributed by atoms with E-state index in [0.717, 1.165) is 5.56 Å². The van der Waals surface area contributed by atoms with Crippen LogP contribution < -0.4 is 10.1 Å². The molecule has 2 rings (SSSR count). The van der Waals surface area contributed by atoms with Crippen molar-refractivity contribution < 1.29 is 23.9 Å². The second-order valence-electron chi connectivity index (χ2n) is 5.62. The summed E-state index contributed by atoms with van der Waals surface area (Å²) in [6, 6.07) is 13.6. The van der Waals surface area contributed by atoms with Crippen molar-refractivity contribution >= 4 is 29.4 Å². The number of hydrogen-bond acceptors (Lipinski definition) is 5. The van der Waals surface area contributed by atoms with Crippen molar-refractivity contribution in [2.75, 3.05) is 18.5 Å². The zero-order valence-electron chi connectivity index (χ0n) is 15.2. The van der Waals surface area contributed by atoms with Crippen molar-refractivity contribution in [1.29, 1.82) is 0 Å². The second kappa shape index (κ2) is 9.91. The first-order chi connectivity index (χ1) is 13.0. The normalized spacial score (nSPS) is 10.4. The number of esters is 1. The SMILES string of the molecule is CCOC(=O)C=Cc1ccc(NC(=O)COc2ccc(C(C)=O)cc2)cc1. The number of ether oxygens (including phenoxy) is 2. The number of ketones is 1. The second-order valence-corrected chi connectivity index (χ2v) is 5.62. The number of hydrogen-bond donors (Lipinski definition) is 1. The number of Topliss-reactive ketones (excluding diaryl/α,β-unsaturated/α-hetero) is 1. The summed E-state index contributed by atoms with van der Waals surface area (Å²) in [4.78, 5) is 34.5. The van der Waals surface area contributed by atoms with Gasteiger partial charge in [0, 0.05) is 17.3 Å². The molecule has 0 aliphatic carbocycles. The summed E-state index contributed by atoms with van der Waals surface area (Å²) < 4.78 is 10.2. The smallest absolute Gasteiger partial charge is 0.330 e. The molecule has 0 aliphatic rings. The quantitative estimate of drug-likeness (QED) is 0.439. The van der Waals surface area contributed by atoms with E-state index in [1.54, 1.807) is 61.5 Å². The third-order valence-corrected chi connectivity index (χ3v) is 3.52. The summed E-state index contributed by atoms with van der Waals surface area (Å²) in [5.41, 5.74) is 2.01. The molecule has 140 valence electrons. The summed E-state index contributed by atoms with van der Waals surface area (Å²) >= 11 is 0. The molecular formula is C21H21NO5. The minimum Gasteiger partial charge on any atom is -0.484 e. The Hall–Kier alpha value is -3.41. The minimum absolute atomic E-state index is 0.0279. The molecular weight excluding hydrogens is 346 g/mol. The van der Waals surface area contributed by atoms with Crippen LogP contribution in [0.4, 0.5) is 5.69 Å². The molecule has 6 heteroatoms. The van der Waals surface area contributed by atoms with Gasteiger partial charge in [0.1, 0.15) is 5.75 Å². The van der Waals surface area contributed by atoms with E-state index in [4.69, 9.17) is 9.47 Å². The van der Waals surface area contributed by atoms with Gasteiger partial charge in [0.2, 0.25) is 0 Å². The molecule has 6 nitrogen and oxygen atoms in total. The molecule has 0 bridgehead atoms. The van der Waals surface area contributed by atoms with E-state index in [0.29, 0.717) is 23.6 Å². The molecule has 1 N–H and O–H groups in total. The molecule has 0 fully saturated rings. The van der Waals surface area contributed by atoms with Gasteiger partial charge in [-0.1, -0.05) is 12.1 Å². The Morgan fingerprint density at radius 2 is 1.67 bits per heavy atom. The molecule has 2 aromatic carbocycles. The predicted octanol–water partition coefficient (Wildman–Crippen LogP) is 3.48. The molecule has 0 unspecified atom stereocenters. The van der Waals surface area contributed by atoms with Crippen molar-refractivity contribution in [1.82, 2.24) is 0 Å². The summed E-state index contributed by atoms with van der Waals surface area (Å²) in [7, 11) is 0. The van der Waals surface area contributed by atoms with Crippen LogP contribution in [0.25, 0.3) is 6.08 Å². The van der Waals surface area contributed by atoms with Crippen LogP contribution in [0.3, 0.4) is 0 Å². The summed E-state index contributed by atoms with van der Waals surface area (Å²) in [6.45, 7) is 3.41. The standard InChI is InChI=1S/C21H21NO5/c1-3-26-21(25)13-6-16-4-9-18(10-5-16)22-20(24)14-27-19-11-7-17(8-12-19)15(2)23/h4-13H,3,14H2,1-2H3,(H,22,24). The highest BCUT2D eigenvalue weighted by atomic mass is 16.5. The van der Waals surface area contributed by atoms with Gasteiger partial charge in [-0.2, -0.15) is 0 Å². The topological polar surface area (TPSA) is 81.7 Å². The minimum atomic E-state index is -0.400. The molecule has 0 atom stereocenters. The lowest BCUT2D eigenvalue weighted by Gasteiger charge is -2.08. The van der Waals surface area contributed by atoms with Crippen LogP contribution >= 0.6 is 0 Å². The number of amides is 1. The Labute approximate surface area is 157 Å². The molecule has 0 aromatic heterocycles. The number of anilines is 1. The van der Waals surface area contributed by atoms with Gasteiger partial charge in [0.05, 0.1) is 6.61 Å². The highest BCUT2D eigenvalue weighted by Gasteiger charge is 2.05. The molecule has 0 spiro atoms. The maximum Gasteiger partial charge on any atom is 0.330 e. The first-order valence-electron chi connectivity index (χ1n) is 8.46. The summed E-state index contributed by atoms with van der Waals surface area (Å²) in [6.07, 6.45) is 2.99. The van der Waals surface area contributed by atoms with Crippen molar-refractivity contribution in [3.05, 3.63) is 65.7 Å². The zero-order chi connectivity index (χ0) is 19.6. The van der Waals surface area contributed by atoms with E-state index < -0.39 is 5.97 Å². The van der Waals surface area contributed by atoms with E-state index in [1.165, 1.54) is 13.0 Å². The van der Waals surface area contributed by atoms with E-state index >= 15 is 0 Å². The Balaban J connectivity index is 1.83. The third kappa shape index (κ3) is 6.78. The number of carbonyl (C=O) groups excluding carboxylic acids is 3. The predicted molar refractivity (Wildman–Crippen MR) is 103 cm³/mol. The van der Waals surface area contributed by atoms with Crippen molar-refractivity contribution in [3.8, 4) is 5.75 Å². The monoisotopic (exact) mass is 367 g/mol. The van der Waals surface area contributed by atoms with Crippen LogP contribution in [0, 0.1) is 0 Å². The van der Waals surface area contributed by atoms with Gasteiger partial charge in [0.15, 0.2) is 12.4 Å². The molecule has 0 radical (unpaired) electrons. The van der Waals surface area contributed by atoms with Crippen molar-refractivity contribution in [2.24, 2.45) is 0 Å². The van der Waals surface area contributed by atoms with Gasteiger partial charge < -0.3 is 14.8 Å². The zero-order valence-corrected chi connectivity index (χ0v) is 15.2. The molecule has 0 saturated carbocycles. The van der Waals surface area contributed by atoms with Gasteiger partial charge in [0.25, 0.3) is 5.91 Å². The lowest BCUT2D eigenvalue weighted by Crippen LogP contribution is -2.20. The fourth-order valence-corrected chi connectivity index (χ4v) is 2.16. The number of nitrogens with one attached hydrogen (secondary N) is 1. The first-order valence-corrected chi connectivity index (χ1v) is 8.46. The van der Waals surface area contributed by atoms with Crippen molar-refractivity contribution in [3.63, 3.8) is 0 Å². The van der Waals surface area contributed by atoms with Crippen LogP contribution in [0.1, 0.15) is 29.8 Å². The molecule has 0 heterocycles. The van der Waals surface area contributed by atoms with Crippen LogP contribution in [0.5, 0.6) is 5.75 Å². The highest BCUT2D eigenvalue weighted by molar-refractivity contribution is 5.94. The number of carbonyl (C=O) groups is 3. The average Bonchev–Trinajstić information content (AvgIpc) is 2.66. The molecule has 0 saturated heterocycles. The molecule has 1 amide bonds. The fraction of sp³-hybridized carbons (Fsp3) is 0.190. The van der Waals surface area contributed by atoms with E-state index in [9.17, 15) is 14.4 Å². The Morgan fingerprint density at radius 3 is 2.26 bits per heavy atom. The van der Waals surface area contributed by atoms with Gasteiger partial charge in [-0.3, -0.25) is 9.59 Å². The average molecular weight is 367 g/mol. The lowest BCUT2D eigenvalue weighted by molar-refractivity contribution is -0.137. The summed E-state index contributed by atoms with van der Waals surface area (Å²) in [5.74, 6) is -0.224. The number of rotatable bonds is 8. The van der Waals surface area contributed by atoms with E-state index in [2.05, 4.69) is 5.32 Å². The van der Waals surface area contributed by atoms with Crippen molar-refractivity contribution in [2.45, 2.75) is 13.8 Å². The first kappa shape index (κ1) is 19.9. The van der Waals surface area contributed by atoms with Gasteiger partial charge in [-0.25, -0.2) is 4.79 Å². The maximum atomic E-state index is 12.0. The Kier molecular flexibility index (Phi) is 7.31. The lowest BCUT2D eigenvalue weighted by atomic mass is 10.1. The Morgan fingerprint density at radius 1 is 1.00 bits per heavy atom. The van der Waals surface area contributed by atoms with E-state index in [1.807, 2.05) is 0 Å². The third-order valence-electron chi connectivity index (χ3n) is 3.52. The number of benzene rings is 2. The fourth-order valence-electron chi connectivity index (χ4n) is 2.16. The van der Waals surface area contributed by atoms with E-state index in [-0.39, 0.29) is 18.3 Å². The van der Waals surface area contributed by atoms with Crippen LogP contribution in [0.2, 0.25) is 0 Å². The van der Waals surface area contributed by atoms with Crippen LogP contribution in [-0.4, -0.2) is 30.9 Å². The largest absolute Gasteiger partial charge is 0.484 e. The molecule has 2 aromatic rings. The van der Waals surface area contributed by atoms with Crippen LogP contribution in [-0.2, 0) is 14.3 Å². The maximum absolute atomic E-state index is 12.0. The molecule has 27 heavy (non-hydrogen) atoms. The highest BCUT2D eigenvalue weighted by Crippen LogP contribution is 2.14. The molecule has 0 aliphatic heterocycles. The van der Waals surface area contributed by atoms with Gasteiger partial charge in [-0.15, -0.1) is 0 Å². The summed E-state index contributed by atoms with van der Waals surface area (Å²) in [5, 5.41) is 2.72. The van der Waals surface area contributed by atoms with Crippen LogP contribution in [0.15, 0.2) is 54.6 Å². The van der Waals surface area contributed by atoms with Gasteiger partial charge >= 0.3 is 5.97 Å². The Bertz CT molecular complexity index is 823. The van der Waals surface area contributed by atoms with Gasteiger partial charge in [-0.05, 0) is 61.9 Å².